The van der Waals surface area contributed by atoms with E-state index in [0.29, 0.717) is 0 Å². The largest absolute Gasteiger partial charge is 0.309 e. The molecule has 0 atom stereocenters. The van der Waals surface area contributed by atoms with E-state index in [1.165, 1.54) is 44.8 Å². The number of hydrogen-bond acceptors (Lipinski definition) is 3. The van der Waals surface area contributed by atoms with Crippen molar-refractivity contribution < 1.29 is 0 Å². The number of nitrogens with zero attached hydrogens (tertiary/aromatic N) is 3. The van der Waals surface area contributed by atoms with Gasteiger partial charge in [0.2, 0.25) is 0 Å². The Morgan fingerprint density at radius 3 is 2.21 bits per heavy atom. The lowest BCUT2D eigenvalue weighted by molar-refractivity contribution is 1.18. The maximum Gasteiger partial charge on any atom is 0.105 e. The third-order valence-corrected chi connectivity index (χ3v) is 5.83. The fourth-order valence-corrected chi connectivity index (χ4v) is 4.48. The molecule has 0 N–H and O–H groups in total. The molecule has 28 heavy (non-hydrogen) atoms. The first-order valence-corrected chi connectivity index (χ1v) is 9.93. The third-order valence-electron chi connectivity index (χ3n) is 5.28. The van der Waals surface area contributed by atoms with Crippen molar-refractivity contribution in [2.24, 2.45) is 0 Å². The molecule has 3 nitrogen and oxygen atoms in total. The highest BCUT2D eigenvalue weighted by atomic mass is 32.1. The van der Waals surface area contributed by atoms with Crippen molar-refractivity contribution >= 4 is 44.6 Å². The summed E-state index contributed by atoms with van der Waals surface area (Å²) in [4.78, 5) is 0. The van der Waals surface area contributed by atoms with E-state index in [9.17, 15) is 0 Å². The van der Waals surface area contributed by atoms with E-state index in [-0.39, 0.29) is 0 Å². The number of benzene rings is 4. The highest BCUT2D eigenvalue weighted by Crippen LogP contribution is 2.35. The summed E-state index contributed by atoms with van der Waals surface area (Å²) in [6.07, 6.45) is 0. The standard InChI is InChI=1S/C24H15N3S/c1-2-6-18(7-3-1)27-23-9-5-4-8-19(23)20-12-10-17(15-24(20)27)16-11-13-21-22(14-16)26-28-25-21/h1-15H. The molecule has 0 aliphatic heterocycles. The molecule has 6 aromatic rings. The predicted octanol–water partition coefficient (Wildman–Crippen LogP) is 6.46. The Morgan fingerprint density at radius 2 is 1.29 bits per heavy atom. The SMILES string of the molecule is c1ccc(-n2c3ccccc3c3ccc(-c4ccc5nsnc5c4)cc32)cc1. The van der Waals surface area contributed by atoms with Crippen LogP contribution < -0.4 is 0 Å². The average Bonchev–Trinajstić information content (AvgIpc) is 3.35. The Hall–Kier alpha value is -3.50. The summed E-state index contributed by atoms with van der Waals surface area (Å²) < 4.78 is 11.0. The van der Waals surface area contributed by atoms with Crippen molar-refractivity contribution in [2.75, 3.05) is 0 Å². The second kappa shape index (κ2) is 6.01. The minimum atomic E-state index is 0.950. The first kappa shape index (κ1) is 15.5. The fraction of sp³-hybridized carbons (Fsp3) is 0. The fourth-order valence-electron chi connectivity index (χ4n) is 3.97. The summed E-state index contributed by atoms with van der Waals surface area (Å²) in [5, 5.41) is 2.53. The molecule has 4 heteroatoms. The average molecular weight is 377 g/mol. The monoisotopic (exact) mass is 377 g/mol. The number of fused-ring (bicyclic) bond motifs is 4. The van der Waals surface area contributed by atoms with Crippen LogP contribution in [-0.2, 0) is 0 Å². The maximum absolute atomic E-state index is 4.39. The number of aromatic nitrogens is 3. The van der Waals surface area contributed by atoms with Crippen LogP contribution in [0.1, 0.15) is 0 Å². The molecule has 0 fully saturated rings. The minimum absolute atomic E-state index is 0.950. The first-order chi connectivity index (χ1) is 13.9. The number of rotatable bonds is 2. The van der Waals surface area contributed by atoms with Gasteiger partial charge in [0.05, 0.1) is 22.8 Å². The van der Waals surface area contributed by atoms with Crippen LogP contribution in [0.5, 0.6) is 0 Å². The molecule has 0 radical (unpaired) electrons. The van der Waals surface area contributed by atoms with Gasteiger partial charge < -0.3 is 4.57 Å². The van der Waals surface area contributed by atoms with Gasteiger partial charge >= 0.3 is 0 Å². The van der Waals surface area contributed by atoms with Crippen LogP contribution in [0.3, 0.4) is 0 Å². The van der Waals surface area contributed by atoms with Crippen molar-refractivity contribution in [3.63, 3.8) is 0 Å². The van der Waals surface area contributed by atoms with E-state index in [1.54, 1.807) is 0 Å². The Balaban J connectivity index is 1.67. The molecule has 4 aromatic carbocycles. The molecular formula is C24H15N3S. The van der Waals surface area contributed by atoms with Gasteiger partial charge in [-0.05, 0) is 47.5 Å². The third kappa shape index (κ3) is 2.28. The second-order valence-electron chi connectivity index (χ2n) is 6.89. The Kier molecular flexibility index (Phi) is 3.34. The van der Waals surface area contributed by atoms with Crippen molar-refractivity contribution in [3.8, 4) is 16.8 Å². The minimum Gasteiger partial charge on any atom is -0.309 e. The maximum atomic E-state index is 4.39. The lowest BCUT2D eigenvalue weighted by Gasteiger charge is -2.09. The van der Waals surface area contributed by atoms with E-state index in [1.807, 2.05) is 6.07 Å². The molecule has 0 amide bonds. The molecule has 2 heterocycles. The highest BCUT2D eigenvalue weighted by molar-refractivity contribution is 7.00. The van der Waals surface area contributed by atoms with Gasteiger partial charge in [0.25, 0.3) is 0 Å². The van der Waals surface area contributed by atoms with Crippen molar-refractivity contribution in [1.29, 1.82) is 0 Å². The normalized spacial score (nSPS) is 11.6. The zero-order valence-corrected chi connectivity index (χ0v) is 15.7. The number of hydrogen-bond donors (Lipinski definition) is 0. The van der Waals surface area contributed by atoms with Crippen LogP contribution >= 0.6 is 11.7 Å². The lowest BCUT2D eigenvalue weighted by atomic mass is 10.0. The molecule has 6 rings (SSSR count). The molecule has 0 unspecified atom stereocenters. The van der Waals surface area contributed by atoms with Gasteiger partial charge in [-0.1, -0.05) is 54.6 Å². The van der Waals surface area contributed by atoms with Gasteiger partial charge in [0.1, 0.15) is 11.0 Å². The van der Waals surface area contributed by atoms with Gasteiger partial charge in [-0.25, -0.2) is 0 Å². The smallest absolute Gasteiger partial charge is 0.105 e. The van der Waals surface area contributed by atoms with Crippen LogP contribution in [0.15, 0.2) is 91.0 Å². The van der Waals surface area contributed by atoms with Crippen LogP contribution in [0.25, 0.3) is 49.7 Å². The van der Waals surface area contributed by atoms with Gasteiger partial charge in [-0.2, -0.15) is 8.75 Å². The van der Waals surface area contributed by atoms with Gasteiger partial charge in [-0.3, -0.25) is 0 Å². The van der Waals surface area contributed by atoms with Crippen LogP contribution in [0, 0.1) is 0 Å². The van der Waals surface area contributed by atoms with E-state index >= 15 is 0 Å². The van der Waals surface area contributed by atoms with Crippen LogP contribution in [0.2, 0.25) is 0 Å². The summed E-state index contributed by atoms with van der Waals surface area (Å²) in [6.45, 7) is 0. The van der Waals surface area contributed by atoms with Crippen molar-refractivity contribution in [1.82, 2.24) is 13.3 Å². The van der Waals surface area contributed by atoms with E-state index < -0.39 is 0 Å². The predicted molar refractivity (Wildman–Crippen MR) is 117 cm³/mol. The second-order valence-corrected chi connectivity index (χ2v) is 7.42. The van der Waals surface area contributed by atoms with Crippen LogP contribution in [-0.4, -0.2) is 13.3 Å². The zero-order chi connectivity index (χ0) is 18.5. The molecule has 0 saturated carbocycles. The molecule has 132 valence electrons. The van der Waals surface area contributed by atoms with E-state index in [4.69, 9.17) is 0 Å². The summed E-state index contributed by atoms with van der Waals surface area (Å²) in [5.41, 5.74) is 7.85. The van der Waals surface area contributed by atoms with Crippen LogP contribution in [0.4, 0.5) is 0 Å². The molecule has 0 aliphatic carbocycles. The molecule has 0 bridgehead atoms. The van der Waals surface area contributed by atoms with Crippen molar-refractivity contribution in [3.05, 3.63) is 91.0 Å². The molecule has 2 aromatic heterocycles. The van der Waals surface area contributed by atoms with Gasteiger partial charge in [0.15, 0.2) is 0 Å². The van der Waals surface area contributed by atoms with E-state index in [0.717, 1.165) is 16.6 Å². The molecule has 0 aliphatic rings. The van der Waals surface area contributed by atoms with Gasteiger partial charge in [0, 0.05) is 16.5 Å². The Morgan fingerprint density at radius 1 is 0.571 bits per heavy atom. The summed E-state index contributed by atoms with van der Waals surface area (Å²) in [6, 6.07) is 32.1. The topological polar surface area (TPSA) is 30.7 Å². The van der Waals surface area contributed by atoms with E-state index in [2.05, 4.69) is 98.2 Å². The molecule has 0 saturated heterocycles. The highest BCUT2D eigenvalue weighted by Gasteiger charge is 2.13. The van der Waals surface area contributed by atoms with Gasteiger partial charge in [-0.15, -0.1) is 0 Å². The summed E-state index contributed by atoms with van der Waals surface area (Å²) in [5.74, 6) is 0. The van der Waals surface area contributed by atoms with Crippen molar-refractivity contribution in [2.45, 2.75) is 0 Å². The summed E-state index contributed by atoms with van der Waals surface area (Å²) in [7, 11) is 0. The lowest BCUT2D eigenvalue weighted by Crippen LogP contribution is -1.93. The first-order valence-electron chi connectivity index (χ1n) is 9.20. The number of para-hydroxylation sites is 2. The Labute approximate surface area is 165 Å². The molecule has 0 spiro atoms. The molecular weight excluding hydrogens is 362 g/mol. The Bertz CT molecular complexity index is 1460. The quantitative estimate of drug-likeness (QED) is 0.347. The zero-order valence-electron chi connectivity index (χ0n) is 14.9. The summed E-state index contributed by atoms with van der Waals surface area (Å²) >= 11 is 1.26.